The van der Waals surface area contributed by atoms with E-state index in [1.807, 2.05) is 0 Å². The van der Waals surface area contributed by atoms with Crippen molar-refractivity contribution in [2.75, 3.05) is 39.8 Å². The van der Waals surface area contributed by atoms with Crippen LogP contribution in [0.1, 0.15) is 41.0 Å². The zero-order chi connectivity index (χ0) is 13.8. The van der Waals surface area contributed by atoms with Gasteiger partial charge in [0.25, 0.3) is 0 Å². The van der Waals surface area contributed by atoms with E-state index in [0.29, 0.717) is 11.6 Å². The van der Waals surface area contributed by atoms with Crippen molar-refractivity contribution in [2.45, 2.75) is 52.6 Å². The van der Waals surface area contributed by atoms with E-state index in [4.69, 9.17) is 0 Å². The number of rotatable bonds is 6. The van der Waals surface area contributed by atoms with Gasteiger partial charge < -0.3 is 5.32 Å². The van der Waals surface area contributed by atoms with E-state index in [1.165, 1.54) is 26.1 Å². The van der Waals surface area contributed by atoms with Crippen LogP contribution in [0.5, 0.6) is 0 Å². The molecule has 1 rings (SSSR count). The van der Waals surface area contributed by atoms with E-state index in [9.17, 15) is 0 Å². The number of piperazine rings is 1. The van der Waals surface area contributed by atoms with Gasteiger partial charge in [0, 0.05) is 37.8 Å². The average Bonchev–Trinajstić information content (AvgIpc) is 2.28. The zero-order valence-corrected chi connectivity index (χ0v) is 13.3. The van der Waals surface area contributed by atoms with Crippen molar-refractivity contribution in [3.8, 4) is 0 Å². The second-order valence-corrected chi connectivity index (χ2v) is 6.82. The van der Waals surface area contributed by atoms with Crippen LogP contribution in [-0.4, -0.2) is 61.2 Å². The Balaban J connectivity index is 2.45. The van der Waals surface area contributed by atoms with Crippen LogP contribution < -0.4 is 5.32 Å². The van der Waals surface area contributed by atoms with Crippen LogP contribution in [0.15, 0.2) is 0 Å². The Labute approximate surface area is 114 Å². The van der Waals surface area contributed by atoms with Gasteiger partial charge in [0.1, 0.15) is 0 Å². The molecule has 3 nitrogen and oxygen atoms in total. The van der Waals surface area contributed by atoms with E-state index in [-0.39, 0.29) is 0 Å². The SMILES string of the molecule is CCC(CNCC(C)C)N1CCN(C)C(C)(C)C1. The minimum Gasteiger partial charge on any atom is -0.315 e. The highest BCUT2D eigenvalue weighted by atomic mass is 15.3. The van der Waals surface area contributed by atoms with Gasteiger partial charge in [-0.15, -0.1) is 0 Å². The van der Waals surface area contributed by atoms with E-state index in [1.54, 1.807) is 0 Å². The van der Waals surface area contributed by atoms with Gasteiger partial charge in [0.15, 0.2) is 0 Å². The minimum atomic E-state index is 0.309. The summed E-state index contributed by atoms with van der Waals surface area (Å²) >= 11 is 0. The third kappa shape index (κ3) is 4.52. The van der Waals surface area contributed by atoms with Crippen LogP contribution in [0.25, 0.3) is 0 Å². The lowest BCUT2D eigenvalue weighted by Gasteiger charge is -2.48. The maximum atomic E-state index is 3.62. The average molecular weight is 255 g/mol. The molecule has 18 heavy (non-hydrogen) atoms. The van der Waals surface area contributed by atoms with Crippen molar-refractivity contribution < 1.29 is 0 Å². The third-order valence-electron chi connectivity index (χ3n) is 4.27. The summed E-state index contributed by atoms with van der Waals surface area (Å²) in [5.74, 6) is 0.742. The molecule has 1 unspecified atom stereocenters. The fraction of sp³-hybridized carbons (Fsp3) is 1.00. The quantitative estimate of drug-likeness (QED) is 0.783. The van der Waals surface area contributed by atoms with Crippen LogP contribution in [0.4, 0.5) is 0 Å². The Morgan fingerprint density at radius 2 is 1.83 bits per heavy atom. The summed E-state index contributed by atoms with van der Waals surface area (Å²) in [5, 5.41) is 3.62. The van der Waals surface area contributed by atoms with Crippen molar-refractivity contribution >= 4 is 0 Å². The van der Waals surface area contributed by atoms with Crippen molar-refractivity contribution in [1.82, 2.24) is 15.1 Å². The molecule has 1 saturated heterocycles. The van der Waals surface area contributed by atoms with E-state index in [2.05, 4.69) is 56.8 Å². The summed E-state index contributed by atoms with van der Waals surface area (Å²) in [4.78, 5) is 5.16. The Kier molecular flexibility index (Phi) is 6.09. The molecule has 0 radical (unpaired) electrons. The molecule has 3 heteroatoms. The molecule has 1 aliphatic rings. The molecule has 0 spiro atoms. The Morgan fingerprint density at radius 1 is 1.17 bits per heavy atom. The lowest BCUT2D eigenvalue weighted by Crippen LogP contribution is -2.61. The number of likely N-dealkylation sites (N-methyl/N-ethyl adjacent to an activating group) is 1. The minimum absolute atomic E-state index is 0.309. The van der Waals surface area contributed by atoms with Gasteiger partial charge >= 0.3 is 0 Å². The highest BCUT2D eigenvalue weighted by Crippen LogP contribution is 2.21. The summed E-state index contributed by atoms with van der Waals surface area (Å²) in [6.45, 7) is 17.4. The molecule has 1 aliphatic heterocycles. The lowest BCUT2D eigenvalue weighted by molar-refractivity contribution is 0.0157. The molecular weight excluding hydrogens is 222 g/mol. The van der Waals surface area contributed by atoms with Crippen molar-refractivity contribution in [3.05, 3.63) is 0 Å². The van der Waals surface area contributed by atoms with Crippen molar-refractivity contribution in [2.24, 2.45) is 5.92 Å². The molecule has 0 amide bonds. The lowest BCUT2D eigenvalue weighted by atomic mass is 9.97. The Morgan fingerprint density at radius 3 is 2.33 bits per heavy atom. The molecule has 0 bridgehead atoms. The largest absolute Gasteiger partial charge is 0.315 e. The molecule has 0 aliphatic carbocycles. The molecule has 1 fully saturated rings. The van der Waals surface area contributed by atoms with Gasteiger partial charge in [-0.3, -0.25) is 9.80 Å². The van der Waals surface area contributed by atoms with Crippen LogP contribution >= 0.6 is 0 Å². The molecule has 1 N–H and O–H groups in total. The molecule has 0 aromatic rings. The summed E-state index contributed by atoms with van der Waals surface area (Å²) in [6.07, 6.45) is 1.24. The number of nitrogens with zero attached hydrogens (tertiary/aromatic N) is 2. The van der Waals surface area contributed by atoms with Crippen molar-refractivity contribution in [3.63, 3.8) is 0 Å². The monoisotopic (exact) mass is 255 g/mol. The molecule has 0 aromatic carbocycles. The second-order valence-electron chi connectivity index (χ2n) is 6.82. The number of hydrogen-bond acceptors (Lipinski definition) is 3. The van der Waals surface area contributed by atoms with Gasteiger partial charge in [0.2, 0.25) is 0 Å². The number of hydrogen-bond donors (Lipinski definition) is 1. The molecule has 108 valence electrons. The summed E-state index contributed by atoms with van der Waals surface area (Å²) in [7, 11) is 2.25. The standard InChI is InChI=1S/C15H33N3/c1-7-14(11-16-10-13(2)3)18-9-8-17(6)15(4,5)12-18/h13-14,16H,7-12H2,1-6H3. The Bertz CT molecular complexity index is 238. The fourth-order valence-corrected chi connectivity index (χ4v) is 2.66. The van der Waals surface area contributed by atoms with Gasteiger partial charge in [0.05, 0.1) is 0 Å². The van der Waals surface area contributed by atoms with E-state index < -0.39 is 0 Å². The predicted octanol–water partition coefficient (Wildman–Crippen LogP) is 2.04. The predicted molar refractivity (Wildman–Crippen MR) is 80.1 cm³/mol. The summed E-state index contributed by atoms with van der Waals surface area (Å²) in [5.41, 5.74) is 0.309. The van der Waals surface area contributed by atoms with Crippen LogP contribution in [-0.2, 0) is 0 Å². The van der Waals surface area contributed by atoms with Gasteiger partial charge in [-0.05, 0) is 39.8 Å². The van der Waals surface area contributed by atoms with Crippen LogP contribution in [0, 0.1) is 5.92 Å². The van der Waals surface area contributed by atoms with Crippen LogP contribution in [0.2, 0.25) is 0 Å². The third-order valence-corrected chi connectivity index (χ3v) is 4.27. The summed E-state index contributed by atoms with van der Waals surface area (Å²) in [6, 6.07) is 0.691. The molecule has 0 aromatic heterocycles. The molecule has 1 heterocycles. The first-order valence-corrected chi connectivity index (χ1v) is 7.52. The highest BCUT2D eigenvalue weighted by molar-refractivity contribution is 4.91. The zero-order valence-electron chi connectivity index (χ0n) is 13.3. The molecule has 0 saturated carbocycles. The highest BCUT2D eigenvalue weighted by Gasteiger charge is 2.33. The van der Waals surface area contributed by atoms with Gasteiger partial charge in [-0.25, -0.2) is 0 Å². The summed E-state index contributed by atoms with van der Waals surface area (Å²) < 4.78 is 0. The second kappa shape index (κ2) is 6.88. The smallest absolute Gasteiger partial charge is 0.0277 e. The van der Waals surface area contributed by atoms with E-state index >= 15 is 0 Å². The molecular formula is C15H33N3. The molecule has 1 atom stereocenters. The van der Waals surface area contributed by atoms with E-state index in [0.717, 1.165) is 19.0 Å². The maximum absolute atomic E-state index is 3.62. The van der Waals surface area contributed by atoms with Crippen LogP contribution in [0.3, 0.4) is 0 Å². The first-order chi connectivity index (χ1) is 8.36. The topological polar surface area (TPSA) is 18.5 Å². The first kappa shape index (κ1) is 15.9. The first-order valence-electron chi connectivity index (χ1n) is 7.52. The fourth-order valence-electron chi connectivity index (χ4n) is 2.66. The van der Waals surface area contributed by atoms with Gasteiger partial charge in [-0.1, -0.05) is 20.8 Å². The maximum Gasteiger partial charge on any atom is 0.0277 e. The Hall–Kier alpha value is -0.120. The number of nitrogens with one attached hydrogen (secondary N) is 1. The normalized spacial score (nSPS) is 23.5. The van der Waals surface area contributed by atoms with Gasteiger partial charge in [-0.2, -0.15) is 0 Å². The van der Waals surface area contributed by atoms with Crippen molar-refractivity contribution in [1.29, 1.82) is 0 Å².